The molecule has 1 heterocycles. The van der Waals surface area contributed by atoms with E-state index in [-0.39, 0.29) is 11.6 Å². The zero-order chi connectivity index (χ0) is 23.8. The quantitative estimate of drug-likeness (QED) is 0.571. The van der Waals surface area contributed by atoms with E-state index >= 15 is 0 Å². The number of hydrogen-bond donors (Lipinski definition) is 1. The molecule has 1 aliphatic carbocycles. The minimum absolute atomic E-state index is 0.162. The zero-order valence-corrected chi connectivity index (χ0v) is 19.7. The first kappa shape index (κ1) is 24.9. The van der Waals surface area contributed by atoms with Gasteiger partial charge in [0.15, 0.2) is 0 Å². The number of benzene rings is 2. The summed E-state index contributed by atoms with van der Waals surface area (Å²) in [5, 5.41) is 2.59. The van der Waals surface area contributed by atoms with Crippen LogP contribution in [0.1, 0.15) is 42.4 Å². The molecule has 0 atom stereocenters. The summed E-state index contributed by atoms with van der Waals surface area (Å²) in [6.45, 7) is 12.7. The van der Waals surface area contributed by atoms with Crippen LogP contribution in [0, 0.1) is 31.4 Å². The van der Waals surface area contributed by atoms with Gasteiger partial charge in [0.05, 0.1) is 0 Å². The molecule has 2 aliphatic rings. The van der Waals surface area contributed by atoms with Crippen molar-refractivity contribution in [3.8, 4) is 0 Å². The first-order chi connectivity index (χ1) is 15.9. The van der Waals surface area contributed by atoms with Crippen molar-refractivity contribution in [3.05, 3.63) is 77.0 Å². The number of rotatable bonds is 6. The highest BCUT2D eigenvalue weighted by Gasteiger charge is 2.25. The fourth-order valence-corrected chi connectivity index (χ4v) is 4.67. The molecule has 1 aliphatic heterocycles. The first-order valence-corrected chi connectivity index (χ1v) is 11.7. The summed E-state index contributed by atoms with van der Waals surface area (Å²) >= 11 is 0. The summed E-state index contributed by atoms with van der Waals surface area (Å²) < 4.78 is 26.0. The van der Waals surface area contributed by atoms with Gasteiger partial charge in [-0.1, -0.05) is 31.6 Å². The molecular weight excluding hydrogens is 420 g/mol. The molecule has 0 radical (unpaired) electrons. The highest BCUT2D eigenvalue weighted by Crippen LogP contribution is 2.32. The van der Waals surface area contributed by atoms with Gasteiger partial charge in [0, 0.05) is 44.1 Å². The molecule has 1 saturated carbocycles. The van der Waals surface area contributed by atoms with E-state index < -0.39 is 0 Å². The Morgan fingerprint density at radius 1 is 1.06 bits per heavy atom. The van der Waals surface area contributed by atoms with Crippen molar-refractivity contribution in [3.63, 3.8) is 0 Å². The number of hydrogen-bond acceptors (Lipinski definition) is 3. The summed E-state index contributed by atoms with van der Waals surface area (Å²) in [6.07, 6.45) is 5.83. The SMILES string of the molecule is C=C(C1CCCC1)N1CCN(Cc2cc(F)cc(NC=O)c2C)CC1.Cc1cccc(F)c1. The van der Waals surface area contributed by atoms with Crippen LogP contribution in [0.4, 0.5) is 14.5 Å². The number of allylic oxidation sites excluding steroid dienone is 1. The van der Waals surface area contributed by atoms with Gasteiger partial charge in [-0.25, -0.2) is 8.78 Å². The number of halogens is 2. The number of carbonyl (C=O) groups is 1. The Hall–Kier alpha value is -2.73. The van der Waals surface area contributed by atoms with Crippen LogP contribution in [-0.2, 0) is 11.3 Å². The minimum atomic E-state index is -0.307. The number of nitrogens with one attached hydrogen (secondary N) is 1. The Balaban J connectivity index is 0.000000323. The van der Waals surface area contributed by atoms with E-state index in [9.17, 15) is 13.6 Å². The smallest absolute Gasteiger partial charge is 0.211 e. The molecule has 178 valence electrons. The van der Waals surface area contributed by atoms with Crippen molar-refractivity contribution < 1.29 is 13.6 Å². The molecule has 2 fully saturated rings. The van der Waals surface area contributed by atoms with Gasteiger partial charge in [0.25, 0.3) is 0 Å². The largest absolute Gasteiger partial charge is 0.372 e. The molecule has 2 aromatic rings. The number of piperazine rings is 1. The van der Waals surface area contributed by atoms with Crippen molar-refractivity contribution >= 4 is 12.1 Å². The van der Waals surface area contributed by atoms with Gasteiger partial charge in [-0.05, 0) is 73.6 Å². The molecule has 1 saturated heterocycles. The average Bonchev–Trinajstić information content (AvgIpc) is 3.32. The third kappa shape index (κ3) is 7.13. The van der Waals surface area contributed by atoms with Crippen LogP contribution in [0.25, 0.3) is 0 Å². The van der Waals surface area contributed by atoms with E-state index in [2.05, 4.69) is 21.7 Å². The monoisotopic (exact) mass is 455 g/mol. The molecule has 4 nitrogen and oxygen atoms in total. The molecule has 1 amide bonds. The van der Waals surface area contributed by atoms with E-state index in [1.54, 1.807) is 12.1 Å². The molecule has 0 bridgehead atoms. The summed E-state index contributed by atoms with van der Waals surface area (Å²) in [7, 11) is 0. The van der Waals surface area contributed by atoms with E-state index in [0.29, 0.717) is 24.6 Å². The van der Waals surface area contributed by atoms with Gasteiger partial charge in [-0.2, -0.15) is 0 Å². The van der Waals surface area contributed by atoms with Gasteiger partial charge in [-0.3, -0.25) is 9.69 Å². The second kappa shape index (κ2) is 11.9. The molecule has 0 unspecified atom stereocenters. The second-order valence-electron chi connectivity index (χ2n) is 9.03. The summed E-state index contributed by atoms with van der Waals surface area (Å²) in [4.78, 5) is 15.5. The Morgan fingerprint density at radius 2 is 1.76 bits per heavy atom. The molecular formula is C27H35F2N3O. The lowest BCUT2D eigenvalue weighted by atomic mass is 10.0. The van der Waals surface area contributed by atoms with Crippen molar-refractivity contribution in [2.75, 3.05) is 31.5 Å². The highest BCUT2D eigenvalue weighted by molar-refractivity contribution is 5.74. The fourth-order valence-electron chi connectivity index (χ4n) is 4.67. The number of carbonyl (C=O) groups excluding carboxylic acids is 1. The number of nitrogens with zero attached hydrogens (tertiary/aromatic N) is 2. The van der Waals surface area contributed by atoms with Gasteiger partial charge in [-0.15, -0.1) is 0 Å². The van der Waals surface area contributed by atoms with Crippen LogP contribution in [-0.4, -0.2) is 42.4 Å². The predicted octanol–water partition coefficient (Wildman–Crippen LogP) is 5.66. The van der Waals surface area contributed by atoms with Crippen LogP contribution in [0.5, 0.6) is 0 Å². The van der Waals surface area contributed by atoms with E-state index in [1.165, 1.54) is 49.6 Å². The maximum absolute atomic E-state index is 13.8. The average molecular weight is 456 g/mol. The molecule has 0 spiro atoms. The summed E-state index contributed by atoms with van der Waals surface area (Å²) in [6, 6.07) is 9.45. The lowest BCUT2D eigenvalue weighted by Crippen LogP contribution is -2.46. The summed E-state index contributed by atoms with van der Waals surface area (Å²) in [5.74, 6) is 0.206. The van der Waals surface area contributed by atoms with Crippen LogP contribution in [0.2, 0.25) is 0 Å². The third-order valence-corrected chi connectivity index (χ3v) is 6.67. The molecule has 6 heteroatoms. The third-order valence-electron chi connectivity index (χ3n) is 6.67. The zero-order valence-electron chi connectivity index (χ0n) is 19.7. The Labute approximate surface area is 196 Å². The number of aryl methyl sites for hydroxylation is 1. The minimum Gasteiger partial charge on any atom is -0.372 e. The maximum Gasteiger partial charge on any atom is 0.211 e. The molecule has 0 aromatic heterocycles. The van der Waals surface area contributed by atoms with Gasteiger partial charge < -0.3 is 10.2 Å². The van der Waals surface area contributed by atoms with Crippen molar-refractivity contribution in [1.29, 1.82) is 0 Å². The fraction of sp³-hybridized carbons (Fsp3) is 0.444. The van der Waals surface area contributed by atoms with Gasteiger partial charge in [0.1, 0.15) is 11.6 Å². The van der Waals surface area contributed by atoms with Crippen LogP contribution >= 0.6 is 0 Å². The van der Waals surface area contributed by atoms with Gasteiger partial charge >= 0.3 is 0 Å². The van der Waals surface area contributed by atoms with E-state index in [4.69, 9.17) is 0 Å². The Morgan fingerprint density at radius 3 is 2.33 bits per heavy atom. The molecule has 1 N–H and O–H groups in total. The van der Waals surface area contributed by atoms with E-state index in [1.807, 2.05) is 19.9 Å². The van der Waals surface area contributed by atoms with Gasteiger partial charge in [0.2, 0.25) is 6.41 Å². The Kier molecular flexibility index (Phi) is 9.01. The first-order valence-electron chi connectivity index (χ1n) is 11.7. The second-order valence-corrected chi connectivity index (χ2v) is 9.03. The van der Waals surface area contributed by atoms with Crippen molar-refractivity contribution in [2.45, 2.75) is 46.1 Å². The van der Waals surface area contributed by atoms with E-state index in [0.717, 1.165) is 42.9 Å². The molecule has 33 heavy (non-hydrogen) atoms. The Bertz CT molecular complexity index is 931. The lowest BCUT2D eigenvalue weighted by Gasteiger charge is -2.39. The maximum atomic E-state index is 13.8. The highest BCUT2D eigenvalue weighted by atomic mass is 19.1. The normalized spacial score (nSPS) is 16.8. The number of amides is 1. The molecule has 2 aromatic carbocycles. The lowest BCUT2D eigenvalue weighted by molar-refractivity contribution is -0.105. The standard InChI is InChI=1S/C20H28FN3O.C7H7F/c1-15-18(11-19(21)12-20(15)22-14-25)13-23-7-9-24(10-8-23)16(2)17-5-3-4-6-17;1-6-3-2-4-7(8)5-6/h11-12,14,17H,2-10,13H2,1H3,(H,22,25);2-5H,1H3. The van der Waals surface area contributed by atoms with Crippen LogP contribution in [0.3, 0.4) is 0 Å². The molecule has 4 rings (SSSR count). The number of anilines is 1. The van der Waals surface area contributed by atoms with Crippen LogP contribution in [0.15, 0.2) is 48.7 Å². The topological polar surface area (TPSA) is 35.6 Å². The van der Waals surface area contributed by atoms with Crippen LogP contribution < -0.4 is 5.32 Å². The predicted molar refractivity (Wildman–Crippen MR) is 130 cm³/mol. The van der Waals surface area contributed by atoms with Crippen molar-refractivity contribution in [1.82, 2.24) is 9.80 Å². The summed E-state index contributed by atoms with van der Waals surface area (Å²) in [5.41, 5.74) is 4.71. The van der Waals surface area contributed by atoms with Crippen molar-refractivity contribution in [2.24, 2.45) is 5.92 Å².